The molecular formula is C22H36O3. The summed E-state index contributed by atoms with van der Waals surface area (Å²) in [5.74, 6) is 1.26. The van der Waals surface area contributed by atoms with Crippen LogP contribution in [-0.2, 0) is 9.53 Å². The highest BCUT2D eigenvalue weighted by molar-refractivity contribution is 5.66. The molecule has 0 aromatic carbocycles. The fourth-order valence-corrected chi connectivity index (χ4v) is 6.57. The molecule has 0 aliphatic heterocycles. The minimum Gasteiger partial charge on any atom is -0.463 e. The van der Waals surface area contributed by atoms with Gasteiger partial charge in [-0.2, -0.15) is 0 Å². The number of aliphatic hydroxyl groups is 1. The largest absolute Gasteiger partial charge is 0.463 e. The highest BCUT2D eigenvalue weighted by Crippen LogP contribution is 2.63. The summed E-state index contributed by atoms with van der Waals surface area (Å²) in [5, 5.41) is 11.0. The molecule has 0 radical (unpaired) electrons. The summed E-state index contributed by atoms with van der Waals surface area (Å²) in [4.78, 5) is 11.6. The van der Waals surface area contributed by atoms with E-state index >= 15 is 0 Å². The van der Waals surface area contributed by atoms with E-state index in [-0.39, 0.29) is 28.8 Å². The SMILES string of the molecule is CC(=O)O[C@@H]1CC(C)(C)[C@H]2CCC3=C[C@](O)(C(C)C)CC[C@H]3[C@]2(C)C1. The van der Waals surface area contributed by atoms with Crippen molar-refractivity contribution < 1.29 is 14.6 Å². The normalized spacial score (nSPS) is 43.0. The Morgan fingerprint density at radius 2 is 1.92 bits per heavy atom. The van der Waals surface area contributed by atoms with Gasteiger partial charge in [-0.15, -0.1) is 0 Å². The number of esters is 1. The second-order valence-corrected chi connectivity index (χ2v) is 10.2. The molecule has 1 N–H and O–H groups in total. The number of rotatable bonds is 2. The summed E-state index contributed by atoms with van der Waals surface area (Å²) in [6.07, 6.45) is 8.36. The standard InChI is InChI=1S/C22H36O3/c1-14(2)22(24)10-9-18-16(11-22)7-8-19-20(4,5)12-17(25-15(3)23)13-21(18,19)6/h11,14,17-19,24H,7-10,12-13H2,1-6H3/t17-,18-,19-,21+,22+/m1/s1. The highest BCUT2D eigenvalue weighted by atomic mass is 16.5. The first kappa shape index (κ1) is 18.9. The summed E-state index contributed by atoms with van der Waals surface area (Å²) in [5.41, 5.74) is 1.16. The van der Waals surface area contributed by atoms with Gasteiger partial charge in [-0.1, -0.05) is 46.3 Å². The van der Waals surface area contributed by atoms with Gasteiger partial charge in [0.1, 0.15) is 6.10 Å². The van der Waals surface area contributed by atoms with Gasteiger partial charge in [0.2, 0.25) is 0 Å². The van der Waals surface area contributed by atoms with E-state index in [9.17, 15) is 9.90 Å². The molecule has 0 spiro atoms. The van der Waals surface area contributed by atoms with Crippen molar-refractivity contribution in [2.75, 3.05) is 0 Å². The monoisotopic (exact) mass is 348 g/mol. The zero-order valence-electron chi connectivity index (χ0n) is 16.9. The number of hydrogen-bond acceptors (Lipinski definition) is 3. The van der Waals surface area contributed by atoms with Crippen molar-refractivity contribution in [2.45, 2.75) is 91.8 Å². The predicted octanol–water partition coefficient (Wildman–Crippen LogP) is 4.88. The molecule has 0 heterocycles. The van der Waals surface area contributed by atoms with Crippen LogP contribution in [-0.4, -0.2) is 22.8 Å². The number of carbonyl (C=O) groups is 1. The smallest absolute Gasteiger partial charge is 0.302 e. The molecule has 3 aliphatic rings. The minimum absolute atomic E-state index is 0.0269. The third kappa shape index (κ3) is 3.18. The molecule has 142 valence electrons. The van der Waals surface area contributed by atoms with Gasteiger partial charge in [-0.3, -0.25) is 4.79 Å². The molecule has 5 atom stereocenters. The van der Waals surface area contributed by atoms with Crippen molar-refractivity contribution in [3.05, 3.63) is 11.6 Å². The van der Waals surface area contributed by atoms with E-state index in [0.717, 1.165) is 32.1 Å². The maximum Gasteiger partial charge on any atom is 0.302 e. The molecule has 3 aliphatic carbocycles. The first-order valence-corrected chi connectivity index (χ1v) is 10.1. The molecule has 0 bridgehead atoms. The Bertz CT molecular complexity index is 576. The zero-order valence-corrected chi connectivity index (χ0v) is 16.9. The topological polar surface area (TPSA) is 46.5 Å². The number of carbonyl (C=O) groups excluding carboxylic acids is 1. The second kappa shape index (κ2) is 6.11. The van der Waals surface area contributed by atoms with Crippen molar-refractivity contribution in [3.63, 3.8) is 0 Å². The Labute approximate surface area is 153 Å². The van der Waals surface area contributed by atoms with Crippen LogP contribution >= 0.6 is 0 Å². The Morgan fingerprint density at radius 1 is 1.24 bits per heavy atom. The van der Waals surface area contributed by atoms with E-state index in [1.807, 2.05) is 0 Å². The van der Waals surface area contributed by atoms with Gasteiger partial charge in [-0.25, -0.2) is 0 Å². The highest BCUT2D eigenvalue weighted by Gasteiger charge is 2.57. The van der Waals surface area contributed by atoms with Crippen LogP contribution in [0, 0.1) is 28.6 Å². The number of ether oxygens (including phenoxy) is 1. The maximum absolute atomic E-state index is 11.6. The van der Waals surface area contributed by atoms with Gasteiger partial charge < -0.3 is 9.84 Å². The van der Waals surface area contributed by atoms with Crippen LogP contribution in [0.4, 0.5) is 0 Å². The van der Waals surface area contributed by atoms with Gasteiger partial charge >= 0.3 is 5.97 Å². The van der Waals surface area contributed by atoms with Crippen LogP contribution in [0.15, 0.2) is 11.6 Å². The minimum atomic E-state index is -0.644. The second-order valence-electron chi connectivity index (χ2n) is 10.2. The average Bonchev–Trinajstić information content (AvgIpc) is 2.44. The van der Waals surface area contributed by atoms with Crippen LogP contribution in [0.25, 0.3) is 0 Å². The Kier molecular flexibility index (Phi) is 4.63. The lowest BCUT2D eigenvalue weighted by molar-refractivity contribution is -0.164. The lowest BCUT2D eigenvalue weighted by Crippen LogP contribution is -2.55. The number of allylic oxidation sites excluding steroid dienone is 1. The van der Waals surface area contributed by atoms with E-state index in [1.54, 1.807) is 0 Å². The van der Waals surface area contributed by atoms with Crippen molar-refractivity contribution in [3.8, 4) is 0 Å². The van der Waals surface area contributed by atoms with E-state index in [1.165, 1.54) is 18.9 Å². The molecule has 0 aromatic rings. The quantitative estimate of drug-likeness (QED) is 0.571. The molecule has 3 heteroatoms. The van der Waals surface area contributed by atoms with Crippen molar-refractivity contribution in [2.24, 2.45) is 28.6 Å². The van der Waals surface area contributed by atoms with Gasteiger partial charge in [0.25, 0.3) is 0 Å². The maximum atomic E-state index is 11.6. The molecule has 3 nitrogen and oxygen atoms in total. The molecule has 2 fully saturated rings. The summed E-state index contributed by atoms with van der Waals surface area (Å²) in [7, 11) is 0. The average molecular weight is 349 g/mol. The fraction of sp³-hybridized carbons (Fsp3) is 0.864. The van der Waals surface area contributed by atoms with E-state index in [4.69, 9.17) is 4.74 Å². The van der Waals surface area contributed by atoms with E-state index in [2.05, 4.69) is 40.7 Å². The van der Waals surface area contributed by atoms with Crippen LogP contribution in [0.3, 0.4) is 0 Å². The number of fused-ring (bicyclic) bond motifs is 3. The third-order valence-electron chi connectivity index (χ3n) is 7.73. The summed E-state index contributed by atoms with van der Waals surface area (Å²) >= 11 is 0. The van der Waals surface area contributed by atoms with Crippen molar-refractivity contribution in [1.82, 2.24) is 0 Å². The first-order valence-electron chi connectivity index (χ1n) is 10.1. The van der Waals surface area contributed by atoms with Crippen LogP contribution in [0.1, 0.15) is 80.1 Å². The van der Waals surface area contributed by atoms with Gasteiger partial charge in [-0.05, 0) is 67.1 Å². The molecule has 0 unspecified atom stereocenters. The predicted molar refractivity (Wildman–Crippen MR) is 100.0 cm³/mol. The summed E-state index contributed by atoms with van der Waals surface area (Å²) in [6.45, 7) is 12.9. The van der Waals surface area contributed by atoms with Gasteiger partial charge in [0, 0.05) is 6.92 Å². The van der Waals surface area contributed by atoms with Crippen LogP contribution in [0.5, 0.6) is 0 Å². The Balaban J connectivity index is 1.94. The van der Waals surface area contributed by atoms with Crippen LogP contribution in [0.2, 0.25) is 0 Å². The lowest BCUT2D eigenvalue weighted by atomic mass is 9.45. The van der Waals surface area contributed by atoms with E-state index < -0.39 is 5.60 Å². The third-order valence-corrected chi connectivity index (χ3v) is 7.73. The van der Waals surface area contributed by atoms with Gasteiger partial charge in [0.05, 0.1) is 5.60 Å². The number of hydrogen-bond donors (Lipinski definition) is 1. The molecule has 25 heavy (non-hydrogen) atoms. The molecule has 2 saturated carbocycles. The Morgan fingerprint density at radius 3 is 2.52 bits per heavy atom. The molecule has 0 aromatic heterocycles. The van der Waals surface area contributed by atoms with Crippen LogP contribution < -0.4 is 0 Å². The summed E-state index contributed by atoms with van der Waals surface area (Å²) in [6, 6.07) is 0. The lowest BCUT2D eigenvalue weighted by Gasteiger charge is -2.60. The molecule has 0 amide bonds. The zero-order chi connectivity index (χ0) is 18.6. The molecule has 3 rings (SSSR count). The molecule has 0 saturated heterocycles. The summed E-state index contributed by atoms with van der Waals surface area (Å²) < 4.78 is 5.69. The van der Waals surface area contributed by atoms with E-state index in [0.29, 0.717) is 11.8 Å². The van der Waals surface area contributed by atoms with Gasteiger partial charge in [0.15, 0.2) is 0 Å². The molecular weight excluding hydrogens is 312 g/mol. The Hall–Kier alpha value is -0.830. The van der Waals surface area contributed by atoms with Crippen molar-refractivity contribution >= 4 is 5.97 Å². The van der Waals surface area contributed by atoms with Crippen molar-refractivity contribution in [1.29, 1.82) is 0 Å². The first-order chi connectivity index (χ1) is 11.5. The fourth-order valence-electron chi connectivity index (χ4n) is 6.57.